The monoisotopic (exact) mass is 214 g/mol. The van der Waals surface area contributed by atoms with Crippen molar-refractivity contribution in [3.63, 3.8) is 0 Å². The van der Waals surface area contributed by atoms with E-state index in [0.717, 1.165) is 23.8 Å². The van der Waals surface area contributed by atoms with Gasteiger partial charge in [-0.2, -0.15) is 4.98 Å². The van der Waals surface area contributed by atoms with E-state index in [4.69, 9.17) is 16.2 Å². The Labute approximate surface area is 87.2 Å². The van der Waals surface area contributed by atoms with Crippen molar-refractivity contribution in [3.05, 3.63) is 6.07 Å². The molecule has 0 radical (unpaired) electrons. The molecule has 1 aromatic heterocycles. The topological polar surface area (TPSA) is 87.0 Å². The molecule has 5 nitrogen and oxygen atoms in total. The van der Waals surface area contributed by atoms with Gasteiger partial charge in [-0.3, -0.25) is 0 Å². The molecular weight excluding hydrogens is 200 g/mol. The van der Waals surface area contributed by atoms with Crippen LogP contribution in [0.5, 0.6) is 0 Å². The summed E-state index contributed by atoms with van der Waals surface area (Å²) in [4.78, 5) is 7.83. The van der Waals surface area contributed by atoms with Gasteiger partial charge >= 0.3 is 0 Å². The normalized spacial score (nSPS) is 10.4. The lowest BCUT2D eigenvalue weighted by Gasteiger charge is -2.02. The van der Waals surface area contributed by atoms with E-state index < -0.39 is 0 Å². The Kier molecular flexibility index (Phi) is 4.48. The lowest BCUT2D eigenvalue weighted by molar-refractivity contribution is 0.200. The van der Waals surface area contributed by atoms with Crippen molar-refractivity contribution in [2.75, 3.05) is 30.9 Å². The first-order chi connectivity index (χ1) is 6.72. The molecule has 0 fully saturated rings. The van der Waals surface area contributed by atoms with Gasteiger partial charge in [-0.15, -0.1) is 11.8 Å². The van der Waals surface area contributed by atoms with Crippen LogP contribution in [0.25, 0.3) is 0 Å². The van der Waals surface area contributed by atoms with Gasteiger partial charge < -0.3 is 16.2 Å². The number of methoxy groups -OCH3 is 1. The van der Waals surface area contributed by atoms with Crippen molar-refractivity contribution in [2.45, 2.75) is 11.4 Å². The number of ether oxygens (including phenoxy) is 1. The Morgan fingerprint density at radius 3 is 2.86 bits per heavy atom. The quantitative estimate of drug-likeness (QED) is 0.427. The predicted molar refractivity (Wildman–Crippen MR) is 58.1 cm³/mol. The van der Waals surface area contributed by atoms with Crippen molar-refractivity contribution in [2.24, 2.45) is 0 Å². The highest BCUT2D eigenvalue weighted by atomic mass is 32.2. The third-order valence-electron chi connectivity index (χ3n) is 1.48. The van der Waals surface area contributed by atoms with Crippen LogP contribution in [0.3, 0.4) is 0 Å². The fourth-order valence-electron chi connectivity index (χ4n) is 0.915. The molecule has 0 bridgehead atoms. The van der Waals surface area contributed by atoms with Crippen LogP contribution in [-0.4, -0.2) is 29.4 Å². The number of nitrogen functional groups attached to an aromatic ring is 2. The highest BCUT2D eigenvalue weighted by molar-refractivity contribution is 7.99. The molecule has 0 aliphatic heterocycles. The summed E-state index contributed by atoms with van der Waals surface area (Å²) < 4.78 is 4.93. The van der Waals surface area contributed by atoms with Gasteiger partial charge in [-0.1, -0.05) is 0 Å². The van der Waals surface area contributed by atoms with Crippen LogP contribution in [0, 0.1) is 0 Å². The Balaban J connectivity index is 2.42. The van der Waals surface area contributed by atoms with E-state index in [1.807, 2.05) is 0 Å². The number of rotatable bonds is 5. The average Bonchev–Trinajstić information content (AvgIpc) is 2.11. The van der Waals surface area contributed by atoms with Gasteiger partial charge in [0.25, 0.3) is 0 Å². The van der Waals surface area contributed by atoms with Crippen molar-refractivity contribution in [1.29, 1.82) is 0 Å². The fourth-order valence-corrected chi connectivity index (χ4v) is 1.75. The molecule has 0 unspecified atom stereocenters. The van der Waals surface area contributed by atoms with Crippen molar-refractivity contribution >= 4 is 23.5 Å². The molecule has 0 aliphatic rings. The Hall–Kier alpha value is -1.01. The zero-order valence-electron chi connectivity index (χ0n) is 8.06. The van der Waals surface area contributed by atoms with E-state index >= 15 is 0 Å². The Morgan fingerprint density at radius 2 is 2.21 bits per heavy atom. The molecule has 0 saturated carbocycles. The minimum Gasteiger partial charge on any atom is -0.385 e. The Morgan fingerprint density at radius 1 is 1.43 bits per heavy atom. The maximum absolute atomic E-state index is 5.52. The van der Waals surface area contributed by atoms with E-state index in [9.17, 15) is 0 Å². The van der Waals surface area contributed by atoms with Crippen molar-refractivity contribution < 1.29 is 4.74 Å². The van der Waals surface area contributed by atoms with Gasteiger partial charge in [-0.25, -0.2) is 4.98 Å². The maximum Gasteiger partial charge on any atom is 0.223 e. The lowest BCUT2D eigenvalue weighted by atomic mass is 10.5. The minimum atomic E-state index is 0.222. The number of anilines is 2. The number of thioether (sulfide) groups is 1. The first-order valence-electron chi connectivity index (χ1n) is 4.24. The first kappa shape index (κ1) is 11.1. The summed E-state index contributed by atoms with van der Waals surface area (Å²) in [6, 6.07) is 1.72. The number of nitrogens with zero attached hydrogens (tertiary/aromatic N) is 2. The molecule has 1 heterocycles. The summed E-state index contributed by atoms with van der Waals surface area (Å²) in [5.74, 6) is 1.56. The second kappa shape index (κ2) is 5.66. The highest BCUT2D eigenvalue weighted by Gasteiger charge is 1.99. The van der Waals surface area contributed by atoms with Crippen LogP contribution in [0.1, 0.15) is 6.42 Å². The Bertz CT molecular complexity index is 274. The van der Waals surface area contributed by atoms with E-state index in [-0.39, 0.29) is 5.95 Å². The van der Waals surface area contributed by atoms with Gasteiger partial charge in [-0.05, 0) is 6.42 Å². The standard InChI is InChI=1S/C8H14N4OS/c1-13-3-2-4-14-7-5-6(9)11-8(10)12-7/h5H,2-4H2,1H3,(H4,9,10,11,12). The molecule has 0 aliphatic carbocycles. The molecule has 0 amide bonds. The van der Waals surface area contributed by atoms with Gasteiger partial charge in [0.05, 0.1) is 0 Å². The van der Waals surface area contributed by atoms with Crippen LogP contribution in [0.2, 0.25) is 0 Å². The van der Waals surface area contributed by atoms with Gasteiger partial charge in [0.2, 0.25) is 5.95 Å². The minimum absolute atomic E-state index is 0.222. The zero-order valence-corrected chi connectivity index (χ0v) is 8.88. The second-order valence-electron chi connectivity index (χ2n) is 2.68. The van der Waals surface area contributed by atoms with Crippen LogP contribution in [0.15, 0.2) is 11.1 Å². The SMILES string of the molecule is COCCCSc1cc(N)nc(N)n1. The van der Waals surface area contributed by atoms with E-state index in [1.54, 1.807) is 24.9 Å². The maximum atomic E-state index is 5.52. The molecule has 1 aromatic rings. The summed E-state index contributed by atoms with van der Waals surface area (Å²) >= 11 is 1.60. The third kappa shape index (κ3) is 3.80. The number of hydrogen-bond acceptors (Lipinski definition) is 6. The number of hydrogen-bond donors (Lipinski definition) is 2. The molecule has 4 N–H and O–H groups in total. The molecule has 0 saturated heterocycles. The summed E-state index contributed by atoms with van der Waals surface area (Å²) in [5, 5.41) is 0.811. The van der Waals surface area contributed by atoms with Crippen LogP contribution >= 0.6 is 11.8 Å². The van der Waals surface area contributed by atoms with Gasteiger partial charge in [0, 0.05) is 25.5 Å². The summed E-state index contributed by atoms with van der Waals surface area (Å²) in [7, 11) is 1.69. The molecule has 14 heavy (non-hydrogen) atoms. The van der Waals surface area contributed by atoms with Gasteiger partial charge in [0.15, 0.2) is 0 Å². The summed E-state index contributed by atoms with van der Waals surface area (Å²) in [6.45, 7) is 0.753. The van der Waals surface area contributed by atoms with Gasteiger partial charge in [0.1, 0.15) is 10.8 Å². The van der Waals surface area contributed by atoms with E-state index in [0.29, 0.717) is 5.82 Å². The zero-order chi connectivity index (χ0) is 10.4. The van der Waals surface area contributed by atoms with Crippen LogP contribution < -0.4 is 11.5 Å². The average molecular weight is 214 g/mol. The van der Waals surface area contributed by atoms with Crippen LogP contribution in [-0.2, 0) is 4.74 Å². The summed E-state index contributed by atoms with van der Waals surface area (Å²) in [5.41, 5.74) is 11.0. The van der Waals surface area contributed by atoms with Crippen molar-refractivity contribution in [3.8, 4) is 0 Å². The first-order valence-corrected chi connectivity index (χ1v) is 5.22. The van der Waals surface area contributed by atoms with E-state index in [1.165, 1.54) is 0 Å². The highest BCUT2D eigenvalue weighted by Crippen LogP contribution is 2.18. The number of aromatic nitrogens is 2. The molecular formula is C8H14N4OS. The molecule has 0 atom stereocenters. The molecule has 0 spiro atoms. The second-order valence-corrected chi connectivity index (χ2v) is 3.80. The molecule has 6 heteroatoms. The number of nitrogens with two attached hydrogens (primary N) is 2. The fraction of sp³-hybridized carbons (Fsp3) is 0.500. The van der Waals surface area contributed by atoms with Crippen LogP contribution in [0.4, 0.5) is 11.8 Å². The third-order valence-corrected chi connectivity index (χ3v) is 2.48. The molecule has 0 aromatic carbocycles. The smallest absolute Gasteiger partial charge is 0.223 e. The summed E-state index contributed by atoms with van der Waals surface area (Å²) in [6.07, 6.45) is 0.977. The molecule has 78 valence electrons. The largest absolute Gasteiger partial charge is 0.385 e. The van der Waals surface area contributed by atoms with E-state index in [2.05, 4.69) is 9.97 Å². The predicted octanol–water partition coefficient (Wildman–Crippen LogP) is 0.770. The van der Waals surface area contributed by atoms with Crippen molar-refractivity contribution in [1.82, 2.24) is 9.97 Å². The lowest BCUT2D eigenvalue weighted by Crippen LogP contribution is -2.00. The molecule has 1 rings (SSSR count).